The van der Waals surface area contributed by atoms with Crippen LogP contribution in [0.3, 0.4) is 0 Å². The zero-order valence-electron chi connectivity index (χ0n) is 10.7. The number of nitrogens with one attached hydrogen (secondary N) is 1. The van der Waals surface area contributed by atoms with Crippen LogP contribution < -0.4 is 5.32 Å². The van der Waals surface area contributed by atoms with Crippen molar-refractivity contribution in [3.63, 3.8) is 0 Å². The van der Waals surface area contributed by atoms with Gasteiger partial charge in [-0.1, -0.05) is 49.4 Å². The van der Waals surface area contributed by atoms with Crippen molar-refractivity contribution in [3.05, 3.63) is 24.3 Å². The second-order valence-corrected chi connectivity index (χ2v) is 5.21. The molecule has 0 amide bonds. The average molecular weight is 244 g/mol. The third-order valence-corrected chi connectivity index (χ3v) is 3.82. The molecule has 96 valence electrons. The van der Waals surface area contributed by atoms with Crippen LogP contribution >= 0.6 is 0 Å². The Morgan fingerprint density at radius 1 is 1.00 bits per heavy atom. The van der Waals surface area contributed by atoms with Crippen LogP contribution in [-0.4, -0.2) is 11.2 Å². The SMILES string of the molecule is c1ccc2c(NC3CCCCCCC3)noc2c1. The first kappa shape index (κ1) is 11.6. The molecule has 0 bridgehead atoms. The normalized spacial score (nSPS) is 18.4. The molecule has 0 unspecified atom stereocenters. The van der Waals surface area contributed by atoms with Crippen LogP contribution in [0.1, 0.15) is 44.9 Å². The van der Waals surface area contributed by atoms with E-state index in [0.29, 0.717) is 6.04 Å². The minimum atomic E-state index is 0.554. The summed E-state index contributed by atoms with van der Waals surface area (Å²) in [6, 6.07) is 8.59. The van der Waals surface area contributed by atoms with Gasteiger partial charge in [0.05, 0.1) is 5.39 Å². The molecule has 3 heteroatoms. The van der Waals surface area contributed by atoms with E-state index in [1.807, 2.05) is 18.2 Å². The smallest absolute Gasteiger partial charge is 0.177 e. The van der Waals surface area contributed by atoms with Crippen LogP contribution in [0.15, 0.2) is 28.8 Å². The van der Waals surface area contributed by atoms with Gasteiger partial charge in [-0.25, -0.2) is 0 Å². The fourth-order valence-corrected chi connectivity index (χ4v) is 2.78. The lowest BCUT2D eigenvalue weighted by Gasteiger charge is -2.20. The Morgan fingerprint density at radius 2 is 1.72 bits per heavy atom. The fraction of sp³-hybridized carbons (Fsp3) is 0.533. The Bertz CT molecular complexity index is 498. The number of rotatable bonds is 2. The van der Waals surface area contributed by atoms with E-state index in [0.717, 1.165) is 16.8 Å². The lowest BCUT2D eigenvalue weighted by atomic mass is 9.97. The molecule has 1 aromatic carbocycles. The number of para-hydroxylation sites is 1. The fourth-order valence-electron chi connectivity index (χ4n) is 2.78. The number of nitrogens with zero attached hydrogens (tertiary/aromatic N) is 1. The largest absolute Gasteiger partial charge is 0.364 e. The second kappa shape index (κ2) is 5.42. The lowest BCUT2D eigenvalue weighted by molar-refractivity contribution is 0.447. The van der Waals surface area contributed by atoms with Crippen LogP contribution in [0.2, 0.25) is 0 Å². The summed E-state index contributed by atoms with van der Waals surface area (Å²) in [6.07, 6.45) is 9.30. The van der Waals surface area contributed by atoms with Crippen molar-refractivity contribution in [3.8, 4) is 0 Å². The molecule has 18 heavy (non-hydrogen) atoms. The van der Waals surface area contributed by atoms with Gasteiger partial charge in [0.1, 0.15) is 0 Å². The molecule has 1 aliphatic carbocycles. The molecular weight excluding hydrogens is 224 g/mol. The summed E-state index contributed by atoms with van der Waals surface area (Å²) in [5.74, 6) is 0.913. The van der Waals surface area contributed by atoms with E-state index in [1.165, 1.54) is 44.9 Å². The molecule has 1 heterocycles. The molecular formula is C15H20N2O. The molecule has 0 atom stereocenters. The summed E-state index contributed by atoms with van der Waals surface area (Å²) >= 11 is 0. The summed E-state index contributed by atoms with van der Waals surface area (Å²) in [5, 5.41) is 8.82. The van der Waals surface area contributed by atoms with Gasteiger partial charge in [0.15, 0.2) is 11.4 Å². The molecule has 0 radical (unpaired) electrons. The van der Waals surface area contributed by atoms with E-state index in [9.17, 15) is 0 Å². The van der Waals surface area contributed by atoms with Gasteiger partial charge in [-0.2, -0.15) is 0 Å². The van der Waals surface area contributed by atoms with Crippen LogP contribution in [0.5, 0.6) is 0 Å². The van der Waals surface area contributed by atoms with Crippen LogP contribution in [0.4, 0.5) is 5.82 Å². The summed E-state index contributed by atoms with van der Waals surface area (Å²) in [4.78, 5) is 0. The van der Waals surface area contributed by atoms with Crippen molar-refractivity contribution < 1.29 is 4.52 Å². The summed E-state index contributed by atoms with van der Waals surface area (Å²) in [5.41, 5.74) is 0.867. The predicted octanol–water partition coefficient (Wildman–Crippen LogP) is 4.35. The number of fused-ring (bicyclic) bond motifs is 1. The third-order valence-electron chi connectivity index (χ3n) is 3.82. The summed E-state index contributed by atoms with van der Waals surface area (Å²) < 4.78 is 5.33. The highest BCUT2D eigenvalue weighted by Crippen LogP contribution is 2.25. The zero-order valence-corrected chi connectivity index (χ0v) is 10.7. The number of hydrogen-bond donors (Lipinski definition) is 1. The lowest BCUT2D eigenvalue weighted by Crippen LogP contribution is -2.20. The van der Waals surface area contributed by atoms with Crippen molar-refractivity contribution in [1.82, 2.24) is 5.16 Å². The zero-order chi connectivity index (χ0) is 12.2. The first-order valence-corrected chi connectivity index (χ1v) is 7.04. The maximum absolute atomic E-state index is 5.33. The second-order valence-electron chi connectivity index (χ2n) is 5.21. The molecule has 1 aliphatic rings. The van der Waals surface area contributed by atoms with Crippen molar-refractivity contribution in [2.45, 2.75) is 51.0 Å². The van der Waals surface area contributed by atoms with Gasteiger partial charge in [-0.15, -0.1) is 0 Å². The van der Waals surface area contributed by atoms with E-state index in [4.69, 9.17) is 4.52 Å². The maximum atomic E-state index is 5.33. The van der Waals surface area contributed by atoms with Crippen molar-refractivity contribution in [2.24, 2.45) is 0 Å². The first-order valence-electron chi connectivity index (χ1n) is 7.04. The van der Waals surface area contributed by atoms with Gasteiger partial charge in [-0.05, 0) is 25.0 Å². The van der Waals surface area contributed by atoms with Gasteiger partial charge < -0.3 is 9.84 Å². The monoisotopic (exact) mass is 244 g/mol. The Balaban J connectivity index is 1.74. The molecule has 0 spiro atoms. The topological polar surface area (TPSA) is 38.1 Å². The number of anilines is 1. The highest BCUT2D eigenvalue weighted by molar-refractivity contribution is 5.87. The number of hydrogen-bond acceptors (Lipinski definition) is 3. The van der Waals surface area contributed by atoms with E-state index >= 15 is 0 Å². The van der Waals surface area contributed by atoms with Crippen molar-refractivity contribution >= 4 is 16.8 Å². The molecule has 1 fully saturated rings. The van der Waals surface area contributed by atoms with Gasteiger partial charge in [-0.3, -0.25) is 0 Å². The molecule has 1 N–H and O–H groups in total. The Labute approximate surface area is 108 Å². The minimum absolute atomic E-state index is 0.554. The van der Waals surface area contributed by atoms with Crippen LogP contribution in [0.25, 0.3) is 11.0 Å². The molecule has 1 aromatic heterocycles. The van der Waals surface area contributed by atoms with Crippen molar-refractivity contribution in [1.29, 1.82) is 0 Å². The Morgan fingerprint density at radius 3 is 2.56 bits per heavy atom. The van der Waals surface area contributed by atoms with Crippen LogP contribution in [0, 0.1) is 0 Å². The Kier molecular flexibility index (Phi) is 3.49. The quantitative estimate of drug-likeness (QED) is 0.853. The first-order chi connectivity index (χ1) is 8.93. The molecule has 0 saturated heterocycles. The summed E-state index contributed by atoms with van der Waals surface area (Å²) in [6.45, 7) is 0. The number of benzene rings is 1. The average Bonchev–Trinajstić information content (AvgIpc) is 2.76. The number of aromatic nitrogens is 1. The van der Waals surface area contributed by atoms with E-state index in [1.54, 1.807) is 0 Å². The molecule has 0 aliphatic heterocycles. The predicted molar refractivity (Wildman–Crippen MR) is 73.7 cm³/mol. The molecule has 3 nitrogen and oxygen atoms in total. The molecule has 2 aromatic rings. The van der Waals surface area contributed by atoms with Crippen molar-refractivity contribution in [2.75, 3.05) is 5.32 Å². The van der Waals surface area contributed by atoms with E-state index < -0.39 is 0 Å². The highest BCUT2D eigenvalue weighted by atomic mass is 16.5. The molecule has 3 rings (SSSR count). The summed E-state index contributed by atoms with van der Waals surface area (Å²) in [7, 11) is 0. The Hall–Kier alpha value is -1.51. The molecule has 1 saturated carbocycles. The van der Waals surface area contributed by atoms with Gasteiger partial charge in [0, 0.05) is 6.04 Å². The van der Waals surface area contributed by atoms with Crippen LogP contribution in [-0.2, 0) is 0 Å². The van der Waals surface area contributed by atoms with Gasteiger partial charge in [0.2, 0.25) is 0 Å². The maximum Gasteiger partial charge on any atom is 0.177 e. The van der Waals surface area contributed by atoms with Gasteiger partial charge in [0.25, 0.3) is 0 Å². The van der Waals surface area contributed by atoms with Gasteiger partial charge >= 0.3 is 0 Å². The minimum Gasteiger partial charge on any atom is -0.364 e. The standard InChI is InChI=1S/C15H20N2O/c1-2-4-8-12(9-5-3-1)16-15-13-10-6-7-11-14(13)18-17-15/h6-7,10-12H,1-5,8-9H2,(H,16,17). The third kappa shape index (κ3) is 2.50. The van der Waals surface area contributed by atoms with E-state index in [-0.39, 0.29) is 0 Å². The van der Waals surface area contributed by atoms with E-state index in [2.05, 4.69) is 16.5 Å². The highest BCUT2D eigenvalue weighted by Gasteiger charge is 2.14.